The van der Waals surface area contributed by atoms with Crippen LogP contribution in [0.4, 0.5) is 10.6 Å². The van der Waals surface area contributed by atoms with Gasteiger partial charge in [-0.25, -0.2) is 27.3 Å². The van der Waals surface area contributed by atoms with Gasteiger partial charge in [0.1, 0.15) is 0 Å². The van der Waals surface area contributed by atoms with Crippen LogP contribution in [0.5, 0.6) is 0 Å². The Morgan fingerprint density at radius 3 is 2.31 bits per heavy atom. The molecule has 1 amide bonds. The summed E-state index contributed by atoms with van der Waals surface area (Å²) in [5.74, 6) is -0.479. The number of hydrogen-bond donors (Lipinski definition) is 1. The van der Waals surface area contributed by atoms with Gasteiger partial charge in [0.05, 0.1) is 17.2 Å². The molecular formula is C22H27N5O7S. The Morgan fingerprint density at radius 1 is 1.14 bits per heavy atom. The first-order valence-electron chi connectivity index (χ1n) is 10.8. The maximum absolute atomic E-state index is 13.4. The van der Waals surface area contributed by atoms with Crippen LogP contribution in [0.3, 0.4) is 0 Å². The first kappa shape index (κ1) is 25.9. The van der Waals surface area contributed by atoms with E-state index in [2.05, 4.69) is 4.98 Å². The van der Waals surface area contributed by atoms with Crippen LogP contribution < -0.4 is 10.5 Å². The van der Waals surface area contributed by atoms with Gasteiger partial charge in [-0.1, -0.05) is 0 Å². The standard InChI is InChI=1S/C22H27N5O7S/c1-4-34-19(28)10-5-16-15-27(17-6-8-18(9-7-17)35(32,33)24(2)3)21(29)20(23-16)25-11-13-26(14-12-25)22(30)31/h5-10,15H,4,11-14H2,1-3H3,(H,30,31)/b10-5+. The number of benzene rings is 1. The zero-order valence-corrected chi connectivity index (χ0v) is 20.4. The number of hydrogen-bond acceptors (Lipinski definition) is 8. The number of rotatable bonds is 7. The predicted molar refractivity (Wildman–Crippen MR) is 128 cm³/mol. The number of piperazine rings is 1. The normalized spacial score (nSPS) is 14.5. The van der Waals surface area contributed by atoms with Gasteiger partial charge in [-0.15, -0.1) is 0 Å². The zero-order valence-electron chi connectivity index (χ0n) is 19.6. The number of esters is 1. The van der Waals surface area contributed by atoms with E-state index in [9.17, 15) is 27.9 Å². The van der Waals surface area contributed by atoms with E-state index < -0.39 is 27.6 Å². The lowest BCUT2D eigenvalue weighted by Gasteiger charge is -2.33. The fourth-order valence-corrected chi connectivity index (χ4v) is 4.32. The molecule has 1 aromatic carbocycles. The van der Waals surface area contributed by atoms with Gasteiger partial charge in [-0.2, -0.15) is 0 Å². The van der Waals surface area contributed by atoms with E-state index in [1.807, 2.05) is 0 Å². The monoisotopic (exact) mass is 505 g/mol. The predicted octanol–water partition coefficient (Wildman–Crippen LogP) is 0.859. The quantitative estimate of drug-likeness (QED) is 0.428. The molecule has 2 aromatic rings. The van der Waals surface area contributed by atoms with Crippen molar-refractivity contribution >= 4 is 34.0 Å². The molecule has 0 spiro atoms. The number of sulfonamides is 1. The highest BCUT2D eigenvalue weighted by molar-refractivity contribution is 7.89. The van der Waals surface area contributed by atoms with Crippen molar-refractivity contribution < 1.29 is 27.9 Å². The van der Waals surface area contributed by atoms with Crippen LogP contribution in [0.2, 0.25) is 0 Å². The lowest BCUT2D eigenvalue weighted by atomic mass is 10.3. The molecule has 2 heterocycles. The Morgan fingerprint density at radius 2 is 1.77 bits per heavy atom. The number of carboxylic acid groups (broad SMARTS) is 1. The number of nitrogens with zero attached hydrogens (tertiary/aromatic N) is 5. The first-order valence-corrected chi connectivity index (χ1v) is 12.2. The van der Waals surface area contributed by atoms with Crippen LogP contribution >= 0.6 is 0 Å². The Kier molecular flexibility index (Phi) is 7.92. The third-order valence-corrected chi connectivity index (χ3v) is 7.16. The summed E-state index contributed by atoms with van der Waals surface area (Å²) in [5, 5.41) is 9.19. The summed E-state index contributed by atoms with van der Waals surface area (Å²) in [4.78, 5) is 43.8. The van der Waals surface area contributed by atoms with Crippen molar-refractivity contribution in [2.24, 2.45) is 0 Å². The second kappa shape index (κ2) is 10.7. The summed E-state index contributed by atoms with van der Waals surface area (Å²) < 4.78 is 32.1. The number of ether oxygens (including phenoxy) is 1. The summed E-state index contributed by atoms with van der Waals surface area (Å²) in [6, 6.07) is 5.81. The molecule has 0 aliphatic carbocycles. The number of anilines is 1. The highest BCUT2D eigenvalue weighted by atomic mass is 32.2. The molecule has 0 bridgehead atoms. The molecule has 188 valence electrons. The van der Waals surface area contributed by atoms with Crippen LogP contribution in [-0.4, -0.2) is 91.2 Å². The molecule has 1 N–H and O–H groups in total. The number of aromatic nitrogens is 2. The molecule has 12 nitrogen and oxygen atoms in total. The van der Waals surface area contributed by atoms with Crippen molar-refractivity contribution in [3.63, 3.8) is 0 Å². The van der Waals surface area contributed by atoms with Crippen molar-refractivity contribution in [1.29, 1.82) is 0 Å². The lowest BCUT2D eigenvalue weighted by Crippen LogP contribution is -2.50. The van der Waals surface area contributed by atoms with E-state index in [-0.39, 0.29) is 43.5 Å². The molecule has 1 saturated heterocycles. The van der Waals surface area contributed by atoms with Gasteiger partial charge >= 0.3 is 12.1 Å². The minimum absolute atomic E-state index is 0.0702. The van der Waals surface area contributed by atoms with E-state index in [0.29, 0.717) is 11.4 Å². The smallest absolute Gasteiger partial charge is 0.407 e. The first-order chi connectivity index (χ1) is 16.5. The van der Waals surface area contributed by atoms with Gasteiger partial charge in [0.25, 0.3) is 5.56 Å². The average Bonchev–Trinajstić information content (AvgIpc) is 2.83. The molecule has 0 unspecified atom stereocenters. The molecule has 1 fully saturated rings. The SMILES string of the molecule is CCOC(=O)/C=C/c1cn(-c2ccc(S(=O)(=O)N(C)C)cc2)c(=O)c(N2CCN(C(=O)O)CC2)n1. The molecule has 1 aromatic heterocycles. The van der Waals surface area contributed by atoms with Crippen molar-refractivity contribution in [2.45, 2.75) is 11.8 Å². The largest absolute Gasteiger partial charge is 0.465 e. The molecule has 0 radical (unpaired) electrons. The molecule has 0 atom stereocenters. The summed E-state index contributed by atoms with van der Waals surface area (Å²) in [6.07, 6.45) is 3.01. The minimum Gasteiger partial charge on any atom is -0.465 e. The summed E-state index contributed by atoms with van der Waals surface area (Å²) in [7, 11) is -0.794. The fourth-order valence-electron chi connectivity index (χ4n) is 3.42. The van der Waals surface area contributed by atoms with Crippen molar-refractivity contribution in [3.05, 3.63) is 52.6 Å². The van der Waals surface area contributed by atoms with Crippen LogP contribution in [0, 0.1) is 0 Å². The molecule has 3 rings (SSSR count). The Labute approximate surface area is 202 Å². The van der Waals surface area contributed by atoms with Gasteiger partial charge < -0.3 is 19.6 Å². The second-order valence-electron chi connectivity index (χ2n) is 7.79. The number of carbonyl (C=O) groups excluding carboxylic acids is 1. The summed E-state index contributed by atoms with van der Waals surface area (Å²) in [6.45, 7) is 2.82. The Bertz CT molecular complexity index is 1280. The minimum atomic E-state index is -3.65. The van der Waals surface area contributed by atoms with E-state index >= 15 is 0 Å². The van der Waals surface area contributed by atoms with Crippen LogP contribution in [0.15, 0.2) is 46.2 Å². The molecular weight excluding hydrogens is 478 g/mol. The molecule has 13 heteroatoms. The van der Waals surface area contributed by atoms with Gasteiger partial charge in [-0.3, -0.25) is 9.36 Å². The van der Waals surface area contributed by atoms with E-state index in [1.54, 1.807) is 11.8 Å². The maximum Gasteiger partial charge on any atom is 0.407 e. The molecule has 35 heavy (non-hydrogen) atoms. The van der Waals surface area contributed by atoms with Crippen molar-refractivity contribution in [1.82, 2.24) is 18.8 Å². The van der Waals surface area contributed by atoms with E-state index in [1.165, 1.54) is 66.2 Å². The second-order valence-corrected chi connectivity index (χ2v) is 9.94. The Hall–Kier alpha value is -3.71. The zero-order chi connectivity index (χ0) is 25.8. The third kappa shape index (κ3) is 5.87. The number of amides is 1. The van der Waals surface area contributed by atoms with Crippen LogP contribution in [0.1, 0.15) is 12.6 Å². The third-order valence-electron chi connectivity index (χ3n) is 5.33. The van der Waals surface area contributed by atoms with Gasteiger partial charge in [0.15, 0.2) is 5.82 Å². The van der Waals surface area contributed by atoms with Crippen LogP contribution in [0.25, 0.3) is 11.8 Å². The van der Waals surface area contributed by atoms with E-state index in [4.69, 9.17) is 4.74 Å². The van der Waals surface area contributed by atoms with Crippen molar-refractivity contribution in [2.75, 3.05) is 51.8 Å². The van der Waals surface area contributed by atoms with Gasteiger partial charge in [0, 0.05) is 58.2 Å². The Balaban J connectivity index is 2.04. The van der Waals surface area contributed by atoms with Crippen LogP contribution in [-0.2, 0) is 19.6 Å². The lowest BCUT2D eigenvalue weighted by molar-refractivity contribution is -0.137. The topological polar surface area (TPSA) is 142 Å². The molecule has 0 saturated carbocycles. The van der Waals surface area contributed by atoms with Crippen molar-refractivity contribution in [3.8, 4) is 5.69 Å². The highest BCUT2D eigenvalue weighted by Crippen LogP contribution is 2.18. The highest BCUT2D eigenvalue weighted by Gasteiger charge is 2.24. The van der Waals surface area contributed by atoms with E-state index in [0.717, 1.165) is 4.31 Å². The summed E-state index contributed by atoms with van der Waals surface area (Å²) in [5.41, 5.74) is 0.217. The molecule has 1 aliphatic rings. The maximum atomic E-state index is 13.4. The van der Waals surface area contributed by atoms with Gasteiger partial charge in [0.2, 0.25) is 10.0 Å². The molecule has 1 aliphatic heterocycles. The average molecular weight is 506 g/mol. The number of carbonyl (C=O) groups is 2. The van der Waals surface area contributed by atoms with Gasteiger partial charge in [-0.05, 0) is 37.3 Å². The summed E-state index contributed by atoms with van der Waals surface area (Å²) >= 11 is 0. The fraction of sp³-hybridized carbons (Fsp3) is 0.364.